The highest BCUT2D eigenvalue weighted by Gasteiger charge is 2.04. The van der Waals surface area contributed by atoms with Crippen LogP contribution in [0.25, 0.3) is 11.8 Å². The predicted octanol–water partition coefficient (Wildman–Crippen LogP) is 1.13. The van der Waals surface area contributed by atoms with E-state index in [1.54, 1.807) is 6.26 Å². The average Bonchev–Trinajstić information content (AvgIpc) is 2.42. The Morgan fingerprint density at radius 3 is 3.00 bits per heavy atom. The second-order valence-electron chi connectivity index (χ2n) is 4.54. The van der Waals surface area contributed by atoms with Crippen LogP contribution in [-0.2, 0) is 4.74 Å². The minimum atomic E-state index is 0.539. The molecule has 1 aliphatic heterocycles. The van der Waals surface area contributed by atoms with Crippen molar-refractivity contribution in [1.29, 1.82) is 0 Å². The van der Waals surface area contributed by atoms with E-state index in [0.717, 1.165) is 29.6 Å². The van der Waals surface area contributed by atoms with Crippen molar-refractivity contribution >= 4 is 11.8 Å². The number of hydrogen-bond acceptors (Lipinski definition) is 3. The first-order chi connectivity index (χ1) is 8.85. The predicted molar refractivity (Wildman–Crippen MR) is 73.6 cm³/mol. The first-order valence-electron chi connectivity index (χ1n) is 6.62. The number of benzene rings is 1. The van der Waals surface area contributed by atoms with Crippen molar-refractivity contribution in [1.82, 2.24) is 0 Å². The lowest BCUT2D eigenvalue weighted by molar-refractivity contribution is 0.305. The molecule has 3 nitrogen and oxygen atoms in total. The van der Waals surface area contributed by atoms with E-state index in [0.29, 0.717) is 13.2 Å². The van der Waals surface area contributed by atoms with Crippen LogP contribution in [0.2, 0.25) is 0 Å². The number of nitrogens with two attached hydrogens (primary N) is 1. The van der Waals surface area contributed by atoms with Gasteiger partial charge < -0.3 is 15.2 Å². The van der Waals surface area contributed by atoms with Crippen LogP contribution in [0.1, 0.15) is 26.2 Å². The van der Waals surface area contributed by atoms with Crippen molar-refractivity contribution in [2.45, 2.75) is 26.2 Å². The molecule has 2 N–H and O–H groups in total. The molecule has 0 fully saturated rings. The van der Waals surface area contributed by atoms with Crippen LogP contribution in [0.4, 0.5) is 0 Å². The van der Waals surface area contributed by atoms with Gasteiger partial charge in [0.2, 0.25) is 0 Å². The largest absolute Gasteiger partial charge is 0.496 e. The third-order valence-electron chi connectivity index (χ3n) is 3.13. The Bertz CT molecular complexity index is 508. The van der Waals surface area contributed by atoms with Gasteiger partial charge in [-0.05, 0) is 29.3 Å². The molecule has 0 spiro atoms. The Balaban J connectivity index is 2.13. The standard InChI is InChI=1S/C15H21NO2/c1-2-3-4-7-18-14-5-6-15-12(8-14)10-17-11-13(15)9-16/h5-6,8,10H,2-4,7,9,11,16H2,1H3. The molecule has 1 aromatic rings. The van der Waals surface area contributed by atoms with E-state index in [2.05, 4.69) is 13.0 Å². The Kier molecular flexibility index (Phi) is 4.65. The maximum atomic E-state index is 5.73. The van der Waals surface area contributed by atoms with Crippen molar-refractivity contribution < 1.29 is 9.47 Å². The Morgan fingerprint density at radius 2 is 2.22 bits per heavy atom. The summed E-state index contributed by atoms with van der Waals surface area (Å²) in [4.78, 5) is 0. The normalized spacial score (nSPS) is 13.6. The summed E-state index contributed by atoms with van der Waals surface area (Å²) in [5, 5.41) is 2.25. The smallest absolute Gasteiger partial charge is 0.120 e. The third-order valence-corrected chi connectivity index (χ3v) is 3.13. The van der Waals surface area contributed by atoms with Gasteiger partial charge in [0.15, 0.2) is 0 Å². The number of rotatable bonds is 6. The zero-order chi connectivity index (χ0) is 12.8. The lowest BCUT2D eigenvalue weighted by atomic mass is 10.1. The summed E-state index contributed by atoms with van der Waals surface area (Å²) in [6, 6.07) is 6.11. The molecule has 3 heteroatoms. The van der Waals surface area contributed by atoms with Crippen LogP contribution in [0, 0.1) is 0 Å². The van der Waals surface area contributed by atoms with E-state index in [-0.39, 0.29) is 0 Å². The van der Waals surface area contributed by atoms with Gasteiger partial charge in [-0.3, -0.25) is 0 Å². The van der Waals surface area contributed by atoms with Crippen molar-refractivity contribution in [3.63, 3.8) is 0 Å². The highest BCUT2D eigenvalue weighted by Crippen LogP contribution is 2.07. The molecule has 0 bridgehead atoms. The van der Waals surface area contributed by atoms with E-state index in [9.17, 15) is 0 Å². The van der Waals surface area contributed by atoms with Gasteiger partial charge in [0.25, 0.3) is 0 Å². The Hall–Kier alpha value is -1.48. The summed E-state index contributed by atoms with van der Waals surface area (Å²) < 4.78 is 11.1. The van der Waals surface area contributed by atoms with Crippen LogP contribution in [0.15, 0.2) is 18.2 Å². The minimum absolute atomic E-state index is 0.539. The Morgan fingerprint density at radius 1 is 1.33 bits per heavy atom. The zero-order valence-corrected chi connectivity index (χ0v) is 10.9. The van der Waals surface area contributed by atoms with Gasteiger partial charge in [0.05, 0.1) is 12.9 Å². The fraction of sp³-hybridized carbons (Fsp3) is 0.467. The fourth-order valence-electron chi connectivity index (χ4n) is 2.07. The van der Waals surface area contributed by atoms with Crippen LogP contribution >= 0.6 is 0 Å². The van der Waals surface area contributed by atoms with E-state index < -0.39 is 0 Å². The molecule has 0 atom stereocenters. The summed E-state index contributed by atoms with van der Waals surface area (Å²) in [6.07, 6.45) is 5.32. The van der Waals surface area contributed by atoms with Crippen LogP contribution < -0.4 is 20.9 Å². The maximum absolute atomic E-state index is 5.73. The molecule has 0 amide bonds. The molecule has 18 heavy (non-hydrogen) atoms. The third kappa shape index (κ3) is 3.05. The molecule has 0 saturated carbocycles. The topological polar surface area (TPSA) is 44.5 Å². The van der Waals surface area contributed by atoms with Gasteiger partial charge in [-0.25, -0.2) is 0 Å². The van der Waals surface area contributed by atoms with Crippen LogP contribution in [0.3, 0.4) is 0 Å². The molecular weight excluding hydrogens is 226 g/mol. The molecule has 1 heterocycles. The molecule has 0 radical (unpaired) electrons. The number of hydrogen-bond donors (Lipinski definition) is 1. The molecule has 0 aromatic heterocycles. The van der Waals surface area contributed by atoms with Gasteiger partial charge in [-0.1, -0.05) is 25.8 Å². The van der Waals surface area contributed by atoms with Gasteiger partial charge in [-0.2, -0.15) is 0 Å². The SMILES string of the molecule is CCCCCOc1ccc2c(c1)=COCC=2CN. The van der Waals surface area contributed by atoms with Gasteiger partial charge in [0, 0.05) is 11.8 Å². The second-order valence-corrected chi connectivity index (χ2v) is 4.54. The highest BCUT2D eigenvalue weighted by atomic mass is 16.5. The van der Waals surface area contributed by atoms with Crippen molar-refractivity contribution in [3.8, 4) is 5.75 Å². The minimum Gasteiger partial charge on any atom is -0.496 e. The first-order valence-corrected chi connectivity index (χ1v) is 6.62. The summed E-state index contributed by atoms with van der Waals surface area (Å²) in [7, 11) is 0. The number of unbranched alkanes of at least 4 members (excludes halogenated alkanes) is 2. The van der Waals surface area contributed by atoms with E-state index in [1.165, 1.54) is 18.1 Å². The highest BCUT2D eigenvalue weighted by molar-refractivity contribution is 5.51. The molecule has 2 rings (SSSR count). The van der Waals surface area contributed by atoms with Gasteiger partial charge >= 0.3 is 0 Å². The van der Waals surface area contributed by atoms with Crippen LogP contribution in [0.5, 0.6) is 5.75 Å². The molecular formula is C15H21NO2. The maximum Gasteiger partial charge on any atom is 0.120 e. The summed E-state index contributed by atoms with van der Waals surface area (Å²) in [5.41, 5.74) is 6.85. The monoisotopic (exact) mass is 247 g/mol. The molecule has 0 saturated heterocycles. The van der Waals surface area contributed by atoms with Gasteiger partial charge in [0.1, 0.15) is 12.4 Å². The van der Waals surface area contributed by atoms with Crippen molar-refractivity contribution in [2.24, 2.45) is 5.73 Å². The average molecular weight is 247 g/mol. The van der Waals surface area contributed by atoms with E-state index in [1.807, 2.05) is 12.1 Å². The summed E-state index contributed by atoms with van der Waals surface area (Å²) in [6.45, 7) is 4.11. The van der Waals surface area contributed by atoms with Crippen molar-refractivity contribution in [3.05, 3.63) is 28.6 Å². The molecule has 1 aromatic carbocycles. The molecule has 0 aliphatic carbocycles. The van der Waals surface area contributed by atoms with Gasteiger partial charge in [-0.15, -0.1) is 0 Å². The Labute approximate surface area is 108 Å². The number of fused-ring (bicyclic) bond motifs is 1. The second kappa shape index (κ2) is 6.45. The number of ether oxygens (including phenoxy) is 2. The van der Waals surface area contributed by atoms with Crippen molar-refractivity contribution in [2.75, 3.05) is 19.8 Å². The zero-order valence-electron chi connectivity index (χ0n) is 10.9. The first kappa shape index (κ1) is 13.0. The molecule has 1 aliphatic rings. The summed E-state index contributed by atoms with van der Waals surface area (Å²) >= 11 is 0. The fourth-order valence-corrected chi connectivity index (χ4v) is 2.07. The molecule has 0 unspecified atom stereocenters. The quantitative estimate of drug-likeness (QED) is 0.767. The summed E-state index contributed by atoms with van der Waals surface area (Å²) in [5.74, 6) is 0.906. The molecule has 98 valence electrons. The lowest BCUT2D eigenvalue weighted by Gasteiger charge is -2.12. The van der Waals surface area contributed by atoms with E-state index in [4.69, 9.17) is 15.2 Å². The van der Waals surface area contributed by atoms with E-state index >= 15 is 0 Å². The lowest BCUT2D eigenvalue weighted by Crippen LogP contribution is -2.34. The van der Waals surface area contributed by atoms with Crippen LogP contribution in [-0.4, -0.2) is 19.8 Å².